The maximum Gasteiger partial charge on any atom is 0.255 e. The molecular formula is C20H20Cl2N2O2S. The van der Waals surface area contributed by atoms with Gasteiger partial charge in [-0.3, -0.25) is 9.59 Å². The zero-order valence-electron chi connectivity index (χ0n) is 14.9. The molecule has 0 aromatic heterocycles. The third kappa shape index (κ3) is 4.98. The van der Waals surface area contributed by atoms with Gasteiger partial charge in [-0.1, -0.05) is 41.4 Å². The van der Waals surface area contributed by atoms with Gasteiger partial charge in [0.15, 0.2) is 0 Å². The second-order valence-corrected chi connectivity index (χ2v) is 8.57. The summed E-state index contributed by atoms with van der Waals surface area (Å²) in [6, 6.07) is 14.8. The molecule has 3 rings (SSSR count). The average Bonchev–Trinajstić information content (AvgIpc) is 2.68. The van der Waals surface area contributed by atoms with Crippen molar-refractivity contribution in [1.29, 1.82) is 0 Å². The maximum atomic E-state index is 12.7. The standard InChI is InChI=1S/C20H20Cl2N2O2S/c1-14(27-16-5-3-2-4-6-16)19(25)23-9-11-24(12-10-23)20(26)17-8-7-15(21)13-18(17)22/h2-8,13-14H,9-12H2,1H3. The van der Waals surface area contributed by atoms with Crippen LogP contribution in [0.2, 0.25) is 10.0 Å². The predicted octanol–water partition coefficient (Wildman–Crippen LogP) is 4.46. The molecule has 0 spiro atoms. The van der Waals surface area contributed by atoms with Gasteiger partial charge in [0.05, 0.1) is 15.8 Å². The Balaban J connectivity index is 1.56. The number of carbonyl (C=O) groups excluding carboxylic acids is 2. The number of thioether (sulfide) groups is 1. The van der Waals surface area contributed by atoms with Crippen molar-refractivity contribution < 1.29 is 9.59 Å². The number of rotatable bonds is 4. The van der Waals surface area contributed by atoms with E-state index in [0.717, 1.165) is 4.90 Å². The van der Waals surface area contributed by atoms with Crippen LogP contribution in [0.4, 0.5) is 0 Å². The van der Waals surface area contributed by atoms with Crippen LogP contribution in [0, 0.1) is 0 Å². The summed E-state index contributed by atoms with van der Waals surface area (Å²) in [4.78, 5) is 30.0. The summed E-state index contributed by atoms with van der Waals surface area (Å²) in [6.45, 7) is 3.95. The van der Waals surface area contributed by atoms with Crippen LogP contribution in [0.1, 0.15) is 17.3 Å². The molecule has 2 amide bonds. The number of nitrogens with zero attached hydrogens (tertiary/aromatic N) is 2. The molecule has 0 bridgehead atoms. The Bertz CT molecular complexity index is 824. The Labute approximate surface area is 173 Å². The number of hydrogen-bond acceptors (Lipinski definition) is 3. The van der Waals surface area contributed by atoms with Crippen molar-refractivity contribution in [3.8, 4) is 0 Å². The Hall–Kier alpha value is -1.69. The van der Waals surface area contributed by atoms with Crippen LogP contribution >= 0.6 is 35.0 Å². The van der Waals surface area contributed by atoms with Gasteiger partial charge < -0.3 is 9.80 Å². The minimum atomic E-state index is -0.166. The van der Waals surface area contributed by atoms with Gasteiger partial charge in [-0.15, -0.1) is 11.8 Å². The van der Waals surface area contributed by atoms with Crippen molar-refractivity contribution in [3.63, 3.8) is 0 Å². The largest absolute Gasteiger partial charge is 0.338 e. The molecule has 1 unspecified atom stereocenters. The molecule has 27 heavy (non-hydrogen) atoms. The van der Waals surface area contributed by atoms with E-state index < -0.39 is 0 Å². The van der Waals surface area contributed by atoms with Crippen molar-refractivity contribution in [1.82, 2.24) is 9.80 Å². The predicted molar refractivity (Wildman–Crippen MR) is 111 cm³/mol. The molecule has 2 aromatic rings. The van der Waals surface area contributed by atoms with Gasteiger partial charge in [0, 0.05) is 36.1 Å². The van der Waals surface area contributed by atoms with Crippen molar-refractivity contribution in [2.75, 3.05) is 26.2 Å². The van der Waals surface area contributed by atoms with Crippen molar-refractivity contribution in [2.45, 2.75) is 17.1 Å². The molecule has 1 aliphatic heterocycles. The zero-order valence-corrected chi connectivity index (χ0v) is 17.2. The van der Waals surface area contributed by atoms with Crippen LogP contribution in [-0.4, -0.2) is 53.0 Å². The van der Waals surface area contributed by atoms with Crippen LogP contribution < -0.4 is 0 Å². The second kappa shape index (κ2) is 9.00. The third-order valence-electron chi connectivity index (χ3n) is 4.44. The summed E-state index contributed by atoms with van der Waals surface area (Å²) in [7, 11) is 0. The molecule has 0 aliphatic carbocycles. The van der Waals surface area contributed by atoms with Crippen LogP contribution in [0.25, 0.3) is 0 Å². The topological polar surface area (TPSA) is 40.6 Å². The first kappa shape index (κ1) is 20.1. The number of carbonyl (C=O) groups is 2. The minimum absolute atomic E-state index is 0.0977. The lowest BCUT2D eigenvalue weighted by atomic mass is 10.1. The van der Waals surface area contributed by atoms with Gasteiger partial charge in [-0.05, 0) is 37.3 Å². The van der Waals surface area contributed by atoms with Crippen molar-refractivity contribution in [2.24, 2.45) is 0 Å². The van der Waals surface area contributed by atoms with E-state index in [-0.39, 0.29) is 17.1 Å². The lowest BCUT2D eigenvalue weighted by Crippen LogP contribution is -2.52. The van der Waals surface area contributed by atoms with Gasteiger partial charge >= 0.3 is 0 Å². The summed E-state index contributed by atoms with van der Waals surface area (Å²) in [5.41, 5.74) is 0.439. The van der Waals surface area contributed by atoms with Gasteiger partial charge in [0.1, 0.15) is 0 Å². The Morgan fingerprint density at radius 2 is 1.59 bits per heavy atom. The van der Waals surface area contributed by atoms with Gasteiger partial charge in [-0.25, -0.2) is 0 Å². The highest BCUT2D eigenvalue weighted by Crippen LogP contribution is 2.25. The highest BCUT2D eigenvalue weighted by Gasteiger charge is 2.28. The first-order chi connectivity index (χ1) is 13.0. The first-order valence-corrected chi connectivity index (χ1v) is 10.3. The summed E-state index contributed by atoms with van der Waals surface area (Å²) < 4.78 is 0. The monoisotopic (exact) mass is 422 g/mol. The smallest absolute Gasteiger partial charge is 0.255 e. The van der Waals surface area contributed by atoms with E-state index in [1.807, 2.05) is 42.2 Å². The fourth-order valence-electron chi connectivity index (χ4n) is 2.97. The number of amides is 2. The summed E-state index contributed by atoms with van der Waals surface area (Å²) in [6.07, 6.45) is 0. The number of piperazine rings is 1. The Morgan fingerprint density at radius 1 is 0.963 bits per heavy atom. The normalized spacial score (nSPS) is 15.5. The van der Waals surface area contributed by atoms with E-state index in [9.17, 15) is 9.59 Å². The van der Waals surface area contributed by atoms with E-state index in [1.54, 1.807) is 34.9 Å². The molecule has 0 N–H and O–H groups in total. The van der Waals surface area contributed by atoms with Crippen molar-refractivity contribution >= 4 is 46.8 Å². The molecule has 1 atom stereocenters. The van der Waals surface area contributed by atoms with Gasteiger partial charge in [-0.2, -0.15) is 0 Å². The van der Waals surface area contributed by atoms with E-state index in [1.165, 1.54) is 0 Å². The van der Waals surface area contributed by atoms with E-state index >= 15 is 0 Å². The van der Waals surface area contributed by atoms with Crippen molar-refractivity contribution in [3.05, 3.63) is 64.1 Å². The van der Waals surface area contributed by atoms with Crippen LogP contribution in [0.5, 0.6) is 0 Å². The van der Waals surface area contributed by atoms with Gasteiger partial charge in [0.25, 0.3) is 5.91 Å². The summed E-state index contributed by atoms with van der Waals surface area (Å²) in [5.74, 6) is -0.0315. The molecule has 1 heterocycles. The minimum Gasteiger partial charge on any atom is -0.338 e. The maximum absolute atomic E-state index is 12.7. The van der Waals surface area contributed by atoms with Crippen LogP contribution in [-0.2, 0) is 4.79 Å². The average molecular weight is 423 g/mol. The molecule has 2 aromatic carbocycles. The summed E-state index contributed by atoms with van der Waals surface area (Å²) in [5, 5.41) is 0.677. The second-order valence-electron chi connectivity index (χ2n) is 6.31. The van der Waals surface area contributed by atoms with Crippen LogP contribution in [0.3, 0.4) is 0 Å². The molecule has 1 fully saturated rings. The fourth-order valence-corrected chi connectivity index (χ4v) is 4.44. The first-order valence-electron chi connectivity index (χ1n) is 8.70. The molecule has 1 saturated heterocycles. The lowest BCUT2D eigenvalue weighted by molar-refractivity contribution is -0.131. The quantitative estimate of drug-likeness (QED) is 0.682. The molecule has 0 saturated carbocycles. The molecule has 0 radical (unpaired) electrons. The van der Waals surface area contributed by atoms with E-state index in [2.05, 4.69) is 0 Å². The Morgan fingerprint density at radius 3 is 2.22 bits per heavy atom. The fraction of sp³-hybridized carbons (Fsp3) is 0.300. The number of halogens is 2. The molecular weight excluding hydrogens is 403 g/mol. The lowest BCUT2D eigenvalue weighted by Gasteiger charge is -2.36. The zero-order chi connectivity index (χ0) is 19.4. The van der Waals surface area contributed by atoms with E-state index in [4.69, 9.17) is 23.2 Å². The van der Waals surface area contributed by atoms with Crippen LogP contribution in [0.15, 0.2) is 53.4 Å². The van der Waals surface area contributed by atoms with Gasteiger partial charge in [0.2, 0.25) is 5.91 Å². The number of benzene rings is 2. The van der Waals surface area contributed by atoms with E-state index in [0.29, 0.717) is 41.8 Å². The molecule has 4 nitrogen and oxygen atoms in total. The Kier molecular flexibility index (Phi) is 6.68. The molecule has 7 heteroatoms. The molecule has 1 aliphatic rings. The molecule has 142 valence electrons. The highest BCUT2D eigenvalue weighted by molar-refractivity contribution is 8.00. The third-order valence-corrected chi connectivity index (χ3v) is 6.09. The summed E-state index contributed by atoms with van der Waals surface area (Å²) >= 11 is 13.6. The highest BCUT2D eigenvalue weighted by atomic mass is 35.5. The number of hydrogen-bond donors (Lipinski definition) is 0. The SMILES string of the molecule is CC(Sc1ccccc1)C(=O)N1CCN(C(=O)c2ccc(Cl)cc2Cl)CC1.